The van der Waals surface area contributed by atoms with Crippen molar-refractivity contribution >= 4 is 33.9 Å². The summed E-state index contributed by atoms with van der Waals surface area (Å²) >= 11 is 6.46. The van der Waals surface area contributed by atoms with E-state index in [0.717, 1.165) is 11.3 Å². The van der Waals surface area contributed by atoms with Crippen LogP contribution in [0.25, 0.3) is 0 Å². The summed E-state index contributed by atoms with van der Waals surface area (Å²) in [7, 11) is 1.19. The molecule has 1 heterocycles. The first-order valence-corrected chi connectivity index (χ1v) is 4.70. The lowest BCUT2D eigenvalue weighted by Gasteiger charge is -1.93. The monoisotopic (exact) mass is 235 g/mol. The number of nitro groups is 1. The van der Waals surface area contributed by atoms with Crippen molar-refractivity contribution in [2.75, 3.05) is 7.11 Å². The van der Waals surface area contributed by atoms with E-state index >= 15 is 0 Å². The normalized spacial score (nSPS) is 9.93. The van der Waals surface area contributed by atoms with Crippen LogP contribution in [0, 0.1) is 17.0 Å². The molecule has 14 heavy (non-hydrogen) atoms. The summed E-state index contributed by atoms with van der Waals surface area (Å²) in [6.45, 7) is 1.49. The maximum absolute atomic E-state index is 11.1. The average molecular weight is 236 g/mol. The standard InChI is InChI=1S/C7H6ClNO4S/c1-3-4(8)5(7(10)13-2)14-6(3)9(11)12/h1-2H3. The molecule has 0 fully saturated rings. The van der Waals surface area contributed by atoms with Crippen molar-refractivity contribution in [2.45, 2.75) is 6.92 Å². The van der Waals surface area contributed by atoms with Gasteiger partial charge in [0.15, 0.2) is 0 Å². The van der Waals surface area contributed by atoms with Gasteiger partial charge in [-0.15, -0.1) is 0 Å². The Bertz CT molecular complexity index is 401. The van der Waals surface area contributed by atoms with Gasteiger partial charge in [0.2, 0.25) is 0 Å². The fraction of sp³-hybridized carbons (Fsp3) is 0.286. The fourth-order valence-corrected chi connectivity index (χ4v) is 2.15. The van der Waals surface area contributed by atoms with Crippen molar-refractivity contribution in [3.8, 4) is 0 Å². The first kappa shape index (κ1) is 10.9. The van der Waals surface area contributed by atoms with Crippen LogP contribution >= 0.6 is 22.9 Å². The van der Waals surface area contributed by atoms with E-state index in [4.69, 9.17) is 11.6 Å². The minimum Gasteiger partial charge on any atom is -0.465 e. The molecule has 7 heteroatoms. The molecule has 0 N–H and O–H groups in total. The molecule has 0 aromatic carbocycles. The first-order chi connectivity index (χ1) is 6.49. The molecule has 0 aliphatic rings. The second-order valence-electron chi connectivity index (χ2n) is 2.42. The van der Waals surface area contributed by atoms with Crippen LogP contribution < -0.4 is 0 Å². The number of halogens is 1. The molecule has 0 aliphatic heterocycles. The number of hydrogen-bond donors (Lipinski definition) is 0. The number of carbonyl (C=O) groups is 1. The smallest absolute Gasteiger partial charge is 0.349 e. The van der Waals surface area contributed by atoms with Crippen molar-refractivity contribution in [1.29, 1.82) is 0 Å². The Labute approximate surface area is 88.4 Å². The van der Waals surface area contributed by atoms with Crippen molar-refractivity contribution < 1.29 is 14.5 Å². The van der Waals surface area contributed by atoms with Gasteiger partial charge in [-0.3, -0.25) is 10.1 Å². The highest BCUT2D eigenvalue weighted by Gasteiger charge is 2.25. The summed E-state index contributed by atoms with van der Waals surface area (Å²) in [6.07, 6.45) is 0. The van der Waals surface area contributed by atoms with E-state index in [1.54, 1.807) is 0 Å². The molecule has 0 saturated carbocycles. The van der Waals surface area contributed by atoms with Crippen molar-refractivity contribution in [3.05, 3.63) is 25.6 Å². The van der Waals surface area contributed by atoms with Gasteiger partial charge in [-0.2, -0.15) is 0 Å². The SMILES string of the molecule is COC(=O)c1sc([N+](=O)[O-])c(C)c1Cl. The first-order valence-electron chi connectivity index (χ1n) is 3.50. The van der Waals surface area contributed by atoms with E-state index < -0.39 is 10.9 Å². The minimum atomic E-state index is -0.656. The number of esters is 1. The van der Waals surface area contributed by atoms with Crippen molar-refractivity contribution in [3.63, 3.8) is 0 Å². The molecule has 1 rings (SSSR count). The van der Waals surface area contributed by atoms with E-state index in [9.17, 15) is 14.9 Å². The Hall–Kier alpha value is -1.14. The third-order valence-corrected chi connectivity index (χ3v) is 3.39. The highest BCUT2D eigenvalue weighted by Crippen LogP contribution is 2.37. The number of nitrogens with zero attached hydrogens (tertiary/aromatic N) is 1. The zero-order valence-electron chi connectivity index (χ0n) is 7.37. The van der Waals surface area contributed by atoms with Gasteiger partial charge < -0.3 is 4.74 Å². The molecule has 0 spiro atoms. The Morgan fingerprint density at radius 1 is 1.64 bits per heavy atom. The summed E-state index contributed by atoms with van der Waals surface area (Å²) in [5.74, 6) is -0.656. The molecular formula is C7H6ClNO4S. The number of rotatable bonds is 2. The van der Waals surface area contributed by atoms with Gasteiger partial charge in [0.05, 0.1) is 22.6 Å². The predicted octanol–water partition coefficient (Wildman–Crippen LogP) is 2.40. The summed E-state index contributed by atoms with van der Waals surface area (Å²) in [5, 5.41) is 10.5. The number of ether oxygens (including phenoxy) is 1. The maximum Gasteiger partial charge on any atom is 0.349 e. The summed E-state index contributed by atoms with van der Waals surface area (Å²) in [6, 6.07) is 0. The number of carbonyl (C=O) groups excluding carboxylic acids is 1. The van der Waals surface area contributed by atoms with Crippen LogP contribution in [0.5, 0.6) is 0 Å². The molecule has 1 aromatic rings. The van der Waals surface area contributed by atoms with Gasteiger partial charge in [0.25, 0.3) is 0 Å². The Morgan fingerprint density at radius 3 is 2.57 bits per heavy atom. The molecule has 0 amide bonds. The minimum absolute atomic E-state index is 0.0679. The molecular weight excluding hydrogens is 230 g/mol. The number of hydrogen-bond acceptors (Lipinski definition) is 5. The lowest BCUT2D eigenvalue weighted by atomic mass is 10.3. The Balaban J connectivity index is 3.28. The van der Waals surface area contributed by atoms with E-state index in [1.165, 1.54) is 14.0 Å². The molecule has 76 valence electrons. The molecule has 0 radical (unpaired) electrons. The highest BCUT2D eigenvalue weighted by molar-refractivity contribution is 7.18. The number of methoxy groups -OCH3 is 1. The van der Waals surface area contributed by atoms with Gasteiger partial charge in [-0.1, -0.05) is 22.9 Å². The van der Waals surface area contributed by atoms with Gasteiger partial charge in [0.1, 0.15) is 4.88 Å². The van der Waals surface area contributed by atoms with Crippen LogP contribution in [0.3, 0.4) is 0 Å². The van der Waals surface area contributed by atoms with Gasteiger partial charge >= 0.3 is 11.0 Å². The predicted molar refractivity (Wildman–Crippen MR) is 52.1 cm³/mol. The molecule has 1 aromatic heterocycles. The lowest BCUT2D eigenvalue weighted by molar-refractivity contribution is -0.380. The van der Waals surface area contributed by atoms with E-state index in [1.807, 2.05) is 0 Å². The van der Waals surface area contributed by atoms with Crippen LogP contribution in [0.15, 0.2) is 0 Å². The molecule has 0 aliphatic carbocycles. The summed E-state index contributed by atoms with van der Waals surface area (Å²) < 4.78 is 4.43. The van der Waals surface area contributed by atoms with E-state index in [2.05, 4.69) is 4.74 Å². The number of thiophene rings is 1. The van der Waals surface area contributed by atoms with E-state index in [0.29, 0.717) is 5.56 Å². The van der Waals surface area contributed by atoms with Gasteiger partial charge in [-0.25, -0.2) is 4.79 Å². The Morgan fingerprint density at radius 2 is 2.21 bits per heavy atom. The molecule has 0 bridgehead atoms. The molecule has 0 saturated heterocycles. The zero-order chi connectivity index (χ0) is 10.9. The van der Waals surface area contributed by atoms with Crippen LogP contribution in [0.1, 0.15) is 15.2 Å². The van der Waals surface area contributed by atoms with Gasteiger partial charge in [0, 0.05) is 0 Å². The Kier molecular flexibility index (Phi) is 3.07. The zero-order valence-corrected chi connectivity index (χ0v) is 8.94. The largest absolute Gasteiger partial charge is 0.465 e. The van der Waals surface area contributed by atoms with Crippen LogP contribution in [0.4, 0.5) is 5.00 Å². The summed E-state index contributed by atoms with van der Waals surface area (Å²) in [5.41, 5.74) is 0.294. The summed E-state index contributed by atoms with van der Waals surface area (Å²) in [4.78, 5) is 21.1. The second kappa shape index (κ2) is 3.93. The molecule has 0 atom stereocenters. The van der Waals surface area contributed by atoms with Crippen molar-refractivity contribution in [1.82, 2.24) is 0 Å². The average Bonchev–Trinajstić information content (AvgIpc) is 2.43. The van der Waals surface area contributed by atoms with Crippen LogP contribution in [-0.2, 0) is 4.74 Å². The second-order valence-corrected chi connectivity index (χ2v) is 3.80. The molecule has 0 unspecified atom stereocenters. The van der Waals surface area contributed by atoms with Gasteiger partial charge in [-0.05, 0) is 6.92 Å². The third kappa shape index (κ3) is 1.71. The van der Waals surface area contributed by atoms with Crippen LogP contribution in [-0.4, -0.2) is 18.0 Å². The third-order valence-electron chi connectivity index (χ3n) is 1.58. The van der Waals surface area contributed by atoms with Crippen molar-refractivity contribution in [2.24, 2.45) is 0 Å². The lowest BCUT2D eigenvalue weighted by Crippen LogP contribution is -1.98. The quantitative estimate of drug-likeness (QED) is 0.448. The highest BCUT2D eigenvalue weighted by atomic mass is 35.5. The van der Waals surface area contributed by atoms with Crippen LogP contribution in [0.2, 0.25) is 5.02 Å². The molecule has 5 nitrogen and oxygen atoms in total. The van der Waals surface area contributed by atoms with E-state index in [-0.39, 0.29) is 14.9 Å². The topological polar surface area (TPSA) is 69.4 Å². The fourth-order valence-electron chi connectivity index (χ4n) is 0.880. The maximum atomic E-state index is 11.1.